The van der Waals surface area contributed by atoms with E-state index in [0.29, 0.717) is 18.8 Å². The van der Waals surface area contributed by atoms with Crippen molar-refractivity contribution in [2.24, 2.45) is 0 Å². The molecule has 2 aromatic rings. The van der Waals surface area contributed by atoms with E-state index < -0.39 is 27.7 Å². The quantitative estimate of drug-likeness (QED) is 0.677. The maximum Gasteiger partial charge on any atom is 0.416 e. The molecule has 0 unspecified atom stereocenters. The summed E-state index contributed by atoms with van der Waals surface area (Å²) >= 11 is 0. The van der Waals surface area contributed by atoms with Crippen molar-refractivity contribution in [1.29, 1.82) is 0 Å². The minimum absolute atomic E-state index is 0.0224. The van der Waals surface area contributed by atoms with Crippen LogP contribution in [0, 0.1) is 0 Å². The second kappa shape index (κ2) is 9.93. The summed E-state index contributed by atoms with van der Waals surface area (Å²) in [6, 6.07) is 8.76. The van der Waals surface area contributed by atoms with Crippen LogP contribution < -0.4 is 10.2 Å². The van der Waals surface area contributed by atoms with Gasteiger partial charge >= 0.3 is 6.18 Å². The van der Waals surface area contributed by atoms with Crippen molar-refractivity contribution in [3.8, 4) is 0 Å². The average Bonchev–Trinajstić information content (AvgIpc) is 2.84. The van der Waals surface area contributed by atoms with Crippen molar-refractivity contribution in [3.63, 3.8) is 0 Å². The maximum atomic E-state index is 13.2. The van der Waals surface area contributed by atoms with Crippen molar-refractivity contribution < 1.29 is 31.1 Å². The largest absolute Gasteiger partial charge is 0.416 e. The summed E-state index contributed by atoms with van der Waals surface area (Å²) < 4.78 is 72.2. The highest BCUT2D eigenvalue weighted by Crippen LogP contribution is 2.32. The molecule has 0 aliphatic carbocycles. The molecule has 7 nitrogen and oxygen atoms in total. The van der Waals surface area contributed by atoms with Gasteiger partial charge in [0.05, 0.1) is 29.2 Å². The zero-order valence-electron chi connectivity index (χ0n) is 18.5. The first kappa shape index (κ1) is 24.5. The van der Waals surface area contributed by atoms with Crippen LogP contribution in [0.25, 0.3) is 0 Å². The molecule has 0 radical (unpaired) electrons. The number of sulfonamides is 1. The van der Waals surface area contributed by atoms with Crippen LogP contribution in [0.3, 0.4) is 0 Å². The number of anilines is 2. The lowest BCUT2D eigenvalue weighted by atomic mass is 10.1. The maximum absolute atomic E-state index is 13.2. The molecule has 0 bridgehead atoms. The zero-order chi connectivity index (χ0) is 24.3. The number of piperidine rings is 1. The lowest BCUT2D eigenvalue weighted by Crippen LogP contribution is -2.40. The number of nitrogens with zero attached hydrogens (tertiary/aromatic N) is 2. The van der Waals surface area contributed by atoms with Crippen molar-refractivity contribution in [2.75, 3.05) is 49.6 Å². The molecule has 2 fully saturated rings. The average molecular weight is 498 g/mol. The Morgan fingerprint density at radius 2 is 1.65 bits per heavy atom. The van der Waals surface area contributed by atoms with Gasteiger partial charge in [-0.3, -0.25) is 4.79 Å². The van der Waals surface area contributed by atoms with Gasteiger partial charge in [0.25, 0.3) is 5.91 Å². The predicted molar refractivity (Wildman–Crippen MR) is 121 cm³/mol. The van der Waals surface area contributed by atoms with Crippen LogP contribution in [0.4, 0.5) is 24.5 Å². The number of rotatable bonds is 5. The standard InChI is InChI=1S/C23H26F3N3O4S/c24-23(25,26)17-5-4-6-18(15-17)27-22(30)20-16-19(34(31,32)29-11-13-33-14-12-29)7-8-21(20)28-9-2-1-3-10-28/h4-8,15-16H,1-3,9-14H2,(H,27,30). The van der Waals surface area contributed by atoms with Crippen molar-refractivity contribution in [1.82, 2.24) is 4.31 Å². The van der Waals surface area contributed by atoms with Crippen molar-refractivity contribution in [2.45, 2.75) is 30.3 Å². The second-order valence-corrected chi connectivity index (χ2v) is 10.2. The highest BCUT2D eigenvalue weighted by Gasteiger charge is 2.31. The van der Waals surface area contributed by atoms with Gasteiger partial charge < -0.3 is 15.0 Å². The summed E-state index contributed by atoms with van der Waals surface area (Å²) in [5.74, 6) is -0.668. The number of alkyl halides is 3. The van der Waals surface area contributed by atoms with E-state index in [1.165, 1.54) is 28.6 Å². The number of hydrogen-bond acceptors (Lipinski definition) is 5. The summed E-state index contributed by atoms with van der Waals surface area (Å²) in [4.78, 5) is 15.2. The number of carbonyl (C=O) groups is 1. The van der Waals surface area contributed by atoms with E-state index in [0.717, 1.165) is 31.4 Å². The number of halogens is 3. The van der Waals surface area contributed by atoms with Gasteiger partial charge in [-0.15, -0.1) is 0 Å². The van der Waals surface area contributed by atoms with Crippen molar-refractivity contribution in [3.05, 3.63) is 53.6 Å². The van der Waals surface area contributed by atoms with E-state index in [4.69, 9.17) is 4.74 Å². The monoisotopic (exact) mass is 497 g/mol. The topological polar surface area (TPSA) is 79.0 Å². The number of morpholine rings is 1. The molecule has 4 rings (SSSR count). The molecule has 11 heteroatoms. The highest BCUT2D eigenvalue weighted by atomic mass is 32.2. The van der Waals surface area contributed by atoms with E-state index in [1.807, 2.05) is 4.90 Å². The van der Waals surface area contributed by atoms with Crippen LogP contribution in [0.5, 0.6) is 0 Å². The lowest BCUT2D eigenvalue weighted by molar-refractivity contribution is -0.137. The van der Waals surface area contributed by atoms with Crippen LogP contribution in [-0.4, -0.2) is 58.0 Å². The number of benzene rings is 2. The van der Waals surface area contributed by atoms with Gasteiger partial charge in [-0.1, -0.05) is 6.07 Å². The van der Waals surface area contributed by atoms with Gasteiger partial charge in [-0.2, -0.15) is 17.5 Å². The SMILES string of the molecule is O=C(Nc1cccc(C(F)(F)F)c1)c1cc(S(=O)(=O)N2CCOCC2)ccc1N1CCCCC1. The van der Waals surface area contributed by atoms with Gasteiger partial charge in [-0.25, -0.2) is 8.42 Å². The van der Waals surface area contributed by atoms with Crippen LogP contribution >= 0.6 is 0 Å². The van der Waals surface area contributed by atoms with Crippen molar-refractivity contribution >= 4 is 27.3 Å². The summed E-state index contributed by atoms with van der Waals surface area (Å²) in [5, 5.41) is 2.51. The number of amides is 1. The predicted octanol–water partition coefficient (Wildman–Crippen LogP) is 3.97. The first-order valence-electron chi connectivity index (χ1n) is 11.1. The first-order chi connectivity index (χ1) is 16.2. The fourth-order valence-corrected chi connectivity index (χ4v) is 5.61. The molecule has 2 saturated heterocycles. The molecular weight excluding hydrogens is 471 g/mol. The molecule has 0 aromatic heterocycles. The van der Waals surface area contributed by atoms with E-state index in [9.17, 15) is 26.4 Å². The third kappa shape index (κ3) is 5.37. The molecule has 2 aliphatic rings. The Morgan fingerprint density at radius 3 is 2.32 bits per heavy atom. The fraction of sp³-hybridized carbons (Fsp3) is 0.435. The minimum atomic E-state index is -4.55. The summed E-state index contributed by atoms with van der Waals surface area (Å²) in [7, 11) is -3.86. The smallest absolute Gasteiger partial charge is 0.379 e. The molecule has 1 N–H and O–H groups in total. The summed E-state index contributed by atoms with van der Waals surface area (Å²) in [6.07, 6.45) is -1.62. The Morgan fingerprint density at radius 1 is 0.941 bits per heavy atom. The molecule has 1 amide bonds. The Kier molecular flexibility index (Phi) is 7.15. The van der Waals surface area contributed by atoms with E-state index >= 15 is 0 Å². The Balaban J connectivity index is 1.69. The number of nitrogens with one attached hydrogen (secondary N) is 1. The molecular formula is C23H26F3N3O4S. The van der Waals surface area contributed by atoms with Gasteiger partial charge in [0.2, 0.25) is 10.0 Å². The molecule has 0 atom stereocenters. The van der Waals surface area contributed by atoms with Gasteiger partial charge in [-0.05, 0) is 55.7 Å². The first-order valence-corrected chi connectivity index (χ1v) is 12.6. The zero-order valence-corrected chi connectivity index (χ0v) is 19.3. The normalized spacial score (nSPS) is 18.0. The molecule has 0 spiro atoms. The van der Waals surface area contributed by atoms with Crippen LogP contribution in [0.1, 0.15) is 35.2 Å². The van der Waals surface area contributed by atoms with Gasteiger partial charge in [0.1, 0.15) is 0 Å². The lowest BCUT2D eigenvalue weighted by Gasteiger charge is -2.31. The summed E-state index contributed by atoms with van der Waals surface area (Å²) in [6.45, 7) is 2.41. The Labute approximate surface area is 196 Å². The fourth-order valence-electron chi connectivity index (χ4n) is 4.18. The molecule has 2 aromatic carbocycles. The number of ether oxygens (including phenoxy) is 1. The highest BCUT2D eigenvalue weighted by molar-refractivity contribution is 7.89. The molecule has 184 valence electrons. The van der Waals surface area contributed by atoms with Gasteiger partial charge in [0.15, 0.2) is 0 Å². The third-order valence-corrected chi connectivity index (χ3v) is 7.86. The minimum Gasteiger partial charge on any atom is -0.379 e. The third-order valence-electron chi connectivity index (χ3n) is 5.96. The Hall–Kier alpha value is -2.63. The molecule has 2 aliphatic heterocycles. The van der Waals surface area contributed by atoms with E-state index in [1.54, 1.807) is 6.07 Å². The number of hydrogen-bond donors (Lipinski definition) is 1. The Bertz CT molecular complexity index is 1140. The van der Waals surface area contributed by atoms with E-state index in [2.05, 4.69) is 5.32 Å². The second-order valence-electron chi connectivity index (χ2n) is 8.28. The van der Waals surface area contributed by atoms with Crippen LogP contribution in [-0.2, 0) is 20.9 Å². The van der Waals surface area contributed by atoms with Crippen LogP contribution in [0.15, 0.2) is 47.4 Å². The number of carbonyl (C=O) groups excluding carboxylic acids is 1. The molecule has 2 heterocycles. The molecule has 34 heavy (non-hydrogen) atoms. The van der Waals surface area contributed by atoms with Gasteiger partial charge in [0, 0.05) is 37.6 Å². The van der Waals surface area contributed by atoms with E-state index in [-0.39, 0.29) is 42.4 Å². The van der Waals surface area contributed by atoms with Crippen LogP contribution in [0.2, 0.25) is 0 Å². The molecule has 0 saturated carbocycles. The summed E-state index contributed by atoms with van der Waals surface area (Å²) in [5.41, 5.74) is -0.241.